The molecule has 1 aromatic rings. The number of pyridine rings is 1. The van der Waals surface area contributed by atoms with Crippen molar-refractivity contribution in [1.82, 2.24) is 9.88 Å². The molecule has 1 aliphatic heterocycles. The van der Waals surface area contributed by atoms with Gasteiger partial charge >= 0.3 is 5.97 Å². The van der Waals surface area contributed by atoms with Crippen molar-refractivity contribution < 1.29 is 24.5 Å². The second-order valence-corrected chi connectivity index (χ2v) is 4.73. The molecule has 0 spiro atoms. The standard InChI is InChI=1S/C12H14N2O5/c1-12(19-5-10(16)17)6-14(7-12)11(18)8-2-9(15)4-13-3-8/h2-4,15H,5-7H2,1H3,(H,16,17). The summed E-state index contributed by atoms with van der Waals surface area (Å²) in [7, 11) is 0. The minimum atomic E-state index is -1.04. The minimum absolute atomic E-state index is 0.0729. The number of rotatable bonds is 4. The van der Waals surface area contributed by atoms with E-state index < -0.39 is 11.6 Å². The first-order chi connectivity index (χ1) is 8.89. The summed E-state index contributed by atoms with van der Waals surface area (Å²) in [6.07, 6.45) is 2.61. The molecule has 2 rings (SSSR count). The lowest BCUT2D eigenvalue weighted by molar-refractivity contribution is -0.159. The minimum Gasteiger partial charge on any atom is -0.506 e. The number of aliphatic carboxylic acids is 1. The predicted octanol–water partition coefficient (Wildman–Crippen LogP) is 0.103. The molecule has 0 radical (unpaired) electrons. The van der Waals surface area contributed by atoms with Crippen LogP contribution in [0.1, 0.15) is 17.3 Å². The first kappa shape index (κ1) is 13.3. The Labute approximate surface area is 109 Å². The quantitative estimate of drug-likeness (QED) is 0.802. The van der Waals surface area contributed by atoms with Crippen molar-refractivity contribution in [3.8, 4) is 5.75 Å². The van der Waals surface area contributed by atoms with Crippen molar-refractivity contribution in [1.29, 1.82) is 0 Å². The summed E-state index contributed by atoms with van der Waals surface area (Å²) in [5.74, 6) is -1.38. The van der Waals surface area contributed by atoms with Crippen molar-refractivity contribution in [3.63, 3.8) is 0 Å². The first-order valence-corrected chi connectivity index (χ1v) is 5.69. The van der Waals surface area contributed by atoms with Gasteiger partial charge in [0.25, 0.3) is 5.91 Å². The molecular weight excluding hydrogens is 252 g/mol. The van der Waals surface area contributed by atoms with Gasteiger partial charge in [-0.15, -0.1) is 0 Å². The van der Waals surface area contributed by atoms with Gasteiger partial charge in [-0.25, -0.2) is 4.79 Å². The number of carbonyl (C=O) groups excluding carboxylic acids is 1. The molecular formula is C12H14N2O5. The number of nitrogens with zero attached hydrogens (tertiary/aromatic N) is 2. The van der Waals surface area contributed by atoms with Gasteiger partial charge < -0.3 is 19.8 Å². The van der Waals surface area contributed by atoms with Crippen LogP contribution in [0.3, 0.4) is 0 Å². The summed E-state index contributed by atoms with van der Waals surface area (Å²) in [4.78, 5) is 27.7. The molecule has 2 heterocycles. The van der Waals surface area contributed by atoms with E-state index in [0.717, 1.165) is 0 Å². The lowest BCUT2D eigenvalue weighted by Gasteiger charge is -2.47. The summed E-state index contributed by atoms with van der Waals surface area (Å²) in [6, 6.07) is 1.34. The number of aromatic hydroxyl groups is 1. The monoisotopic (exact) mass is 266 g/mol. The van der Waals surface area contributed by atoms with E-state index in [2.05, 4.69) is 4.98 Å². The normalized spacial score (nSPS) is 16.8. The smallest absolute Gasteiger partial charge is 0.329 e. The van der Waals surface area contributed by atoms with Gasteiger partial charge in [0.2, 0.25) is 0 Å². The Bertz CT molecular complexity index is 511. The van der Waals surface area contributed by atoms with Crippen LogP contribution in [-0.4, -0.2) is 57.3 Å². The van der Waals surface area contributed by atoms with Crippen LogP contribution in [0, 0.1) is 0 Å². The fourth-order valence-corrected chi connectivity index (χ4v) is 1.96. The number of carboxylic acid groups (broad SMARTS) is 1. The molecule has 0 unspecified atom stereocenters. The number of hydrogen-bond acceptors (Lipinski definition) is 5. The molecule has 2 N–H and O–H groups in total. The predicted molar refractivity (Wildman–Crippen MR) is 63.8 cm³/mol. The number of aromatic nitrogens is 1. The van der Waals surface area contributed by atoms with Gasteiger partial charge in [-0.1, -0.05) is 0 Å². The van der Waals surface area contributed by atoms with E-state index in [1.165, 1.54) is 23.4 Å². The Morgan fingerprint density at radius 1 is 1.47 bits per heavy atom. The molecule has 7 heteroatoms. The number of carbonyl (C=O) groups is 2. The lowest BCUT2D eigenvalue weighted by Crippen LogP contribution is -2.63. The summed E-state index contributed by atoms with van der Waals surface area (Å²) in [5, 5.41) is 17.8. The van der Waals surface area contributed by atoms with E-state index >= 15 is 0 Å². The van der Waals surface area contributed by atoms with Gasteiger partial charge in [-0.2, -0.15) is 0 Å². The molecule has 0 aliphatic carbocycles. The number of carboxylic acids is 1. The molecule has 102 valence electrons. The van der Waals surface area contributed by atoms with Gasteiger partial charge in [-0.05, 0) is 13.0 Å². The third-order valence-corrected chi connectivity index (χ3v) is 2.85. The van der Waals surface area contributed by atoms with Crippen molar-refractivity contribution in [2.45, 2.75) is 12.5 Å². The van der Waals surface area contributed by atoms with Crippen molar-refractivity contribution >= 4 is 11.9 Å². The molecule has 0 bridgehead atoms. The molecule has 1 aliphatic rings. The van der Waals surface area contributed by atoms with Crippen LogP contribution in [-0.2, 0) is 9.53 Å². The Balaban J connectivity index is 1.93. The number of likely N-dealkylation sites (tertiary alicyclic amines) is 1. The zero-order valence-corrected chi connectivity index (χ0v) is 10.4. The van der Waals surface area contributed by atoms with Gasteiger partial charge in [0, 0.05) is 6.20 Å². The molecule has 7 nitrogen and oxygen atoms in total. The maximum absolute atomic E-state index is 12.0. The SMILES string of the molecule is CC1(OCC(=O)O)CN(C(=O)c2cncc(O)c2)C1. The van der Waals surface area contributed by atoms with Gasteiger partial charge in [0.05, 0.1) is 24.8 Å². The van der Waals surface area contributed by atoms with Crippen molar-refractivity contribution in [2.24, 2.45) is 0 Å². The highest BCUT2D eigenvalue weighted by atomic mass is 16.5. The van der Waals surface area contributed by atoms with Gasteiger partial charge in [-0.3, -0.25) is 9.78 Å². The highest BCUT2D eigenvalue weighted by Gasteiger charge is 2.43. The topological polar surface area (TPSA) is 100.0 Å². The Morgan fingerprint density at radius 2 is 2.16 bits per heavy atom. The van der Waals surface area contributed by atoms with E-state index in [9.17, 15) is 14.7 Å². The fourth-order valence-electron chi connectivity index (χ4n) is 1.96. The highest BCUT2D eigenvalue weighted by Crippen LogP contribution is 2.26. The van der Waals surface area contributed by atoms with Crippen LogP contribution in [0.15, 0.2) is 18.5 Å². The maximum Gasteiger partial charge on any atom is 0.329 e. The molecule has 1 saturated heterocycles. The zero-order valence-electron chi connectivity index (χ0n) is 10.4. The fraction of sp³-hybridized carbons (Fsp3) is 0.417. The number of hydrogen-bond donors (Lipinski definition) is 2. The van der Waals surface area contributed by atoms with E-state index in [1.807, 2.05) is 0 Å². The molecule has 1 aromatic heterocycles. The Kier molecular flexibility index (Phi) is 3.39. The van der Waals surface area contributed by atoms with Crippen molar-refractivity contribution in [3.05, 3.63) is 24.0 Å². The number of amides is 1. The Morgan fingerprint density at radius 3 is 2.74 bits per heavy atom. The van der Waals surface area contributed by atoms with Crippen LogP contribution in [0.2, 0.25) is 0 Å². The van der Waals surface area contributed by atoms with Gasteiger partial charge in [0.1, 0.15) is 18.0 Å². The van der Waals surface area contributed by atoms with E-state index in [1.54, 1.807) is 6.92 Å². The maximum atomic E-state index is 12.0. The molecule has 0 atom stereocenters. The zero-order chi connectivity index (χ0) is 14.0. The summed E-state index contributed by atoms with van der Waals surface area (Å²) >= 11 is 0. The molecule has 1 amide bonds. The van der Waals surface area contributed by atoms with Gasteiger partial charge in [0.15, 0.2) is 0 Å². The first-order valence-electron chi connectivity index (χ1n) is 5.69. The van der Waals surface area contributed by atoms with Crippen LogP contribution in [0.5, 0.6) is 5.75 Å². The van der Waals surface area contributed by atoms with E-state index in [0.29, 0.717) is 18.7 Å². The Hall–Kier alpha value is -2.15. The second-order valence-electron chi connectivity index (χ2n) is 4.73. The average Bonchev–Trinajstić information content (AvgIpc) is 2.32. The number of ether oxygens (including phenoxy) is 1. The van der Waals surface area contributed by atoms with Crippen LogP contribution in [0.25, 0.3) is 0 Å². The summed E-state index contributed by atoms with van der Waals surface area (Å²) in [6.45, 7) is 2.00. The van der Waals surface area contributed by atoms with Crippen LogP contribution >= 0.6 is 0 Å². The largest absolute Gasteiger partial charge is 0.506 e. The van der Waals surface area contributed by atoms with E-state index in [4.69, 9.17) is 9.84 Å². The van der Waals surface area contributed by atoms with E-state index in [-0.39, 0.29) is 18.3 Å². The third-order valence-electron chi connectivity index (χ3n) is 2.85. The second kappa shape index (κ2) is 4.85. The summed E-state index contributed by atoms with van der Waals surface area (Å²) < 4.78 is 5.21. The lowest BCUT2D eigenvalue weighted by atomic mass is 9.95. The highest BCUT2D eigenvalue weighted by molar-refractivity contribution is 5.95. The summed E-state index contributed by atoms with van der Waals surface area (Å²) in [5.41, 5.74) is -0.335. The van der Waals surface area contributed by atoms with Crippen molar-refractivity contribution in [2.75, 3.05) is 19.7 Å². The van der Waals surface area contributed by atoms with Crippen LogP contribution < -0.4 is 0 Å². The molecule has 0 saturated carbocycles. The molecule has 19 heavy (non-hydrogen) atoms. The van der Waals surface area contributed by atoms with Crippen LogP contribution in [0.4, 0.5) is 0 Å². The molecule has 0 aromatic carbocycles. The average molecular weight is 266 g/mol. The molecule has 1 fully saturated rings. The third kappa shape index (κ3) is 3.00.